The molecule has 0 amide bonds. The lowest BCUT2D eigenvalue weighted by Crippen LogP contribution is -2.50. The molecule has 0 aromatic rings. The SMILES string of the molecule is CC(C)CC1CCCC(C#N)(NC(C)C)C1. The lowest BCUT2D eigenvalue weighted by molar-refractivity contribution is 0.197. The average Bonchev–Trinajstić information content (AvgIpc) is 2.16. The molecule has 1 aliphatic carbocycles. The lowest BCUT2D eigenvalue weighted by Gasteiger charge is -2.38. The Morgan fingerprint density at radius 2 is 2.06 bits per heavy atom. The monoisotopic (exact) mass is 222 g/mol. The van der Waals surface area contributed by atoms with Crippen LogP contribution in [0.4, 0.5) is 0 Å². The second kappa shape index (κ2) is 5.68. The Hall–Kier alpha value is -0.550. The fourth-order valence-electron chi connectivity index (χ4n) is 3.07. The smallest absolute Gasteiger partial charge is 0.107 e. The maximum absolute atomic E-state index is 9.43. The minimum absolute atomic E-state index is 0.244. The molecule has 92 valence electrons. The van der Waals surface area contributed by atoms with Gasteiger partial charge in [0.2, 0.25) is 0 Å². The number of nitrogens with zero attached hydrogens (tertiary/aromatic N) is 1. The first-order chi connectivity index (χ1) is 7.47. The number of rotatable bonds is 4. The molecule has 0 bridgehead atoms. The molecule has 2 unspecified atom stereocenters. The minimum Gasteiger partial charge on any atom is -0.297 e. The molecule has 1 aliphatic rings. The van der Waals surface area contributed by atoms with Gasteiger partial charge in [-0.25, -0.2) is 0 Å². The summed E-state index contributed by atoms with van der Waals surface area (Å²) in [7, 11) is 0. The van der Waals surface area contributed by atoms with Crippen LogP contribution in [0, 0.1) is 23.2 Å². The molecule has 0 aromatic heterocycles. The molecular weight excluding hydrogens is 196 g/mol. The molecule has 1 N–H and O–H groups in total. The first-order valence-electron chi connectivity index (χ1n) is 6.66. The lowest BCUT2D eigenvalue weighted by atomic mass is 9.73. The van der Waals surface area contributed by atoms with Crippen molar-refractivity contribution in [2.24, 2.45) is 11.8 Å². The van der Waals surface area contributed by atoms with Crippen LogP contribution in [0.25, 0.3) is 0 Å². The zero-order chi connectivity index (χ0) is 12.2. The van der Waals surface area contributed by atoms with E-state index < -0.39 is 0 Å². The Morgan fingerprint density at radius 3 is 2.56 bits per heavy atom. The number of hydrogen-bond donors (Lipinski definition) is 1. The molecule has 0 aromatic carbocycles. The van der Waals surface area contributed by atoms with Crippen molar-refractivity contribution in [1.82, 2.24) is 5.32 Å². The van der Waals surface area contributed by atoms with Gasteiger partial charge in [0, 0.05) is 6.04 Å². The van der Waals surface area contributed by atoms with Crippen molar-refractivity contribution in [3.05, 3.63) is 0 Å². The summed E-state index contributed by atoms with van der Waals surface area (Å²) in [5.74, 6) is 1.48. The largest absolute Gasteiger partial charge is 0.297 e. The summed E-state index contributed by atoms with van der Waals surface area (Å²) in [4.78, 5) is 0. The van der Waals surface area contributed by atoms with Gasteiger partial charge in [-0.05, 0) is 44.9 Å². The third-order valence-electron chi connectivity index (χ3n) is 3.44. The van der Waals surface area contributed by atoms with Crippen LogP contribution in [0.5, 0.6) is 0 Å². The maximum atomic E-state index is 9.43. The van der Waals surface area contributed by atoms with E-state index in [1.54, 1.807) is 0 Å². The predicted molar refractivity (Wildman–Crippen MR) is 68.0 cm³/mol. The maximum Gasteiger partial charge on any atom is 0.107 e. The van der Waals surface area contributed by atoms with Gasteiger partial charge in [-0.15, -0.1) is 0 Å². The van der Waals surface area contributed by atoms with Crippen molar-refractivity contribution in [3.8, 4) is 6.07 Å². The Morgan fingerprint density at radius 1 is 1.38 bits per heavy atom. The summed E-state index contributed by atoms with van der Waals surface area (Å²) in [6.07, 6.45) is 5.84. The second-order valence-electron chi connectivity index (χ2n) is 6.08. The van der Waals surface area contributed by atoms with Crippen molar-refractivity contribution < 1.29 is 0 Å². The zero-order valence-corrected chi connectivity index (χ0v) is 11.2. The number of nitrogens with one attached hydrogen (secondary N) is 1. The van der Waals surface area contributed by atoms with Crippen LogP contribution in [0.3, 0.4) is 0 Å². The third-order valence-corrected chi connectivity index (χ3v) is 3.44. The van der Waals surface area contributed by atoms with E-state index in [4.69, 9.17) is 0 Å². The van der Waals surface area contributed by atoms with E-state index in [2.05, 4.69) is 39.1 Å². The number of hydrogen-bond acceptors (Lipinski definition) is 2. The van der Waals surface area contributed by atoms with E-state index in [9.17, 15) is 5.26 Å². The molecule has 0 heterocycles. The fraction of sp³-hybridized carbons (Fsp3) is 0.929. The highest BCUT2D eigenvalue weighted by molar-refractivity contribution is 5.10. The summed E-state index contributed by atoms with van der Waals surface area (Å²) in [6, 6.07) is 2.94. The summed E-state index contributed by atoms with van der Waals surface area (Å²) in [5.41, 5.74) is -0.244. The van der Waals surface area contributed by atoms with Crippen LogP contribution in [-0.4, -0.2) is 11.6 Å². The first kappa shape index (κ1) is 13.5. The average molecular weight is 222 g/mol. The van der Waals surface area contributed by atoms with Gasteiger partial charge in [0.15, 0.2) is 0 Å². The second-order valence-corrected chi connectivity index (χ2v) is 6.08. The Balaban J connectivity index is 2.62. The molecule has 1 saturated carbocycles. The van der Waals surface area contributed by atoms with Crippen LogP contribution >= 0.6 is 0 Å². The molecule has 2 atom stereocenters. The van der Waals surface area contributed by atoms with Gasteiger partial charge >= 0.3 is 0 Å². The van der Waals surface area contributed by atoms with Gasteiger partial charge in [-0.1, -0.05) is 26.7 Å². The van der Waals surface area contributed by atoms with Gasteiger partial charge in [0.05, 0.1) is 6.07 Å². The summed E-state index contributed by atoms with van der Waals surface area (Å²) in [5, 5.41) is 12.9. The molecule has 1 fully saturated rings. The van der Waals surface area contributed by atoms with Gasteiger partial charge in [-0.3, -0.25) is 5.32 Å². The van der Waals surface area contributed by atoms with Crippen molar-refractivity contribution >= 4 is 0 Å². The predicted octanol–water partition coefficient (Wildman–Crippen LogP) is 3.48. The topological polar surface area (TPSA) is 35.8 Å². The van der Waals surface area contributed by atoms with Crippen molar-refractivity contribution in [1.29, 1.82) is 5.26 Å². The van der Waals surface area contributed by atoms with Crippen LogP contribution in [0.15, 0.2) is 0 Å². The van der Waals surface area contributed by atoms with Crippen LogP contribution < -0.4 is 5.32 Å². The van der Waals surface area contributed by atoms with E-state index in [-0.39, 0.29) is 5.54 Å². The van der Waals surface area contributed by atoms with E-state index in [1.807, 2.05) is 0 Å². The van der Waals surface area contributed by atoms with E-state index in [1.165, 1.54) is 19.3 Å². The van der Waals surface area contributed by atoms with Crippen LogP contribution in [0.1, 0.15) is 59.8 Å². The molecule has 0 aliphatic heterocycles. The molecule has 0 radical (unpaired) electrons. The van der Waals surface area contributed by atoms with Crippen molar-refractivity contribution in [2.75, 3.05) is 0 Å². The fourth-order valence-corrected chi connectivity index (χ4v) is 3.07. The Kier molecular flexibility index (Phi) is 4.80. The van der Waals surface area contributed by atoms with E-state index in [0.29, 0.717) is 6.04 Å². The van der Waals surface area contributed by atoms with Gasteiger partial charge < -0.3 is 0 Å². The molecule has 0 spiro atoms. The molecule has 0 saturated heterocycles. The van der Waals surface area contributed by atoms with Crippen LogP contribution in [-0.2, 0) is 0 Å². The van der Waals surface area contributed by atoms with Gasteiger partial charge in [-0.2, -0.15) is 5.26 Å². The Labute approximate surface area is 100 Å². The van der Waals surface area contributed by atoms with E-state index in [0.717, 1.165) is 24.7 Å². The highest BCUT2D eigenvalue weighted by Crippen LogP contribution is 2.35. The summed E-state index contributed by atoms with van der Waals surface area (Å²) < 4.78 is 0. The molecule has 1 rings (SSSR count). The minimum atomic E-state index is -0.244. The standard InChI is InChI=1S/C14H26N2/c1-11(2)8-13-6-5-7-14(9-13,10-15)16-12(3)4/h11-13,16H,5-9H2,1-4H3. The third kappa shape index (κ3) is 3.79. The molecular formula is C14H26N2. The summed E-state index contributed by atoms with van der Waals surface area (Å²) in [6.45, 7) is 8.81. The first-order valence-corrected chi connectivity index (χ1v) is 6.66. The molecule has 2 nitrogen and oxygen atoms in total. The van der Waals surface area contributed by atoms with Crippen molar-refractivity contribution in [3.63, 3.8) is 0 Å². The zero-order valence-electron chi connectivity index (χ0n) is 11.2. The van der Waals surface area contributed by atoms with E-state index >= 15 is 0 Å². The summed E-state index contributed by atoms with van der Waals surface area (Å²) >= 11 is 0. The quantitative estimate of drug-likeness (QED) is 0.790. The van der Waals surface area contributed by atoms with Crippen molar-refractivity contribution in [2.45, 2.75) is 71.4 Å². The molecule has 16 heavy (non-hydrogen) atoms. The highest BCUT2D eigenvalue weighted by Gasteiger charge is 2.36. The van der Waals surface area contributed by atoms with Gasteiger partial charge in [0.1, 0.15) is 5.54 Å². The highest BCUT2D eigenvalue weighted by atomic mass is 15.0. The normalized spacial score (nSPS) is 30.7. The molecule has 2 heteroatoms. The number of nitriles is 1. The Bertz CT molecular complexity index is 252. The van der Waals surface area contributed by atoms with Crippen LogP contribution in [0.2, 0.25) is 0 Å². The van der Waals surface area contributed by atoms with Gasteiger partial charge in [0.25, 0.3) is 0 Å².